The zero-order valence-electron chi connectivity index (χ0n) is 12.2. The number of benzene rings is 1. The summed E-state index contributed by atoms with van der Waals surface area (Å²) >= 11 is 0. The number of nitrogens with zero attached hydrogens (tertiary/aromatic N) is 4. The van der Waals surface area contributed by atoms with Crippen molar-refractivity contribution in [1.82, 2.24) is 14.8 Å². The Balaban J connectivity index is 1.75. The highest BCUT2D eigenvalue weighted by molar-refractivity contribution is 5.91. The Kier molecular flexibility index (Phi) is 3.12. The van der Waals surface area contributed by atoms with Crippen LogP contribution in [0.15, 0.2) is 47.1 Å². The highest BCUT2D eigenvalue weighted by Gasteiger charge is 2.30. The molecule has 120 valence electrons. The number of amides is 1. The maximum Gasteiger partial charge on any atom is 0.280 e. The van der Waals surface area contributed by atoms with Crippen molar-refractivity contribution < 1.29 is 14.1 Å². The molecule has 0 bridgehead atoms. The van der Waals surface area contributed by atoms with E-state index in [4.69, 9.17) is 4.42 Å². The predicted octanol–water partition coefficient (Wildman–Crippen LogP) is 2.38. The Bertz CT molecular complexity index is 945. The van der Waals surface area contributed by atoms with E-state index in [1.54, 1.807) is 35.0 Å². The van der Waals surface area contributed by atoms with Gasteiger partial charge in [0.2, 0.25) is 11.9 Å². The smallest absolute Gasteiger partial charge is 0.280 e. The molecule has 24 heavy (non-hydrogen) atoms. The first kappa shape index (κ1) is 14.1. The standard InChI is InChI=1S/C15H11N5O4/c21-14-7-11(19-15(18-14)16-8-17-19)13-6-5-12(24-13)9-3-1-2-4-10(9)20(22)23/h1-6,8,11H,7H2,(H,16,17,18,21)/t11-/m0/s1. The van der Waals surface area contributed by atoms with Crippen molar-refractivity contribution in [3.05, 3.63) is 58.6 Å². The van der Waals surface area contributed by atoms with E-state index in [0.717, 1.165) is 0 Å². The van der Waals surface area contributed by atoms with Crippen molar-refractivity contribution in [1.29, 1.82) is 0 Å². The third kappa shape index (κ3) is 2.22. The second kappa shape index (κ2) is 5.30. The lowest BCUT2D eigenvalue weighted by Crippen LogP contribution is -2.29. The van der Waals surface area contributed by atoms with Crippen LogP contribution in [0.25, 0.3) is 11.3 Å². The molecule has 0 unspecified atom stereocenters. The first-order chi connectivity index (χ1) is 11.6. The molecule has 0 spiro atoms. The number of hydrogen-bond acceptors (Lipinski definition) is 6. The molecule has 3 heterocycles. The van der Waals surface area contributed by atoms with Gasteiger partial charge < -0.3 is 4.42 Å². The van der Waals surface area contributed by atoms with E-state index in [9.17, 15) is 14.9 Å². The summed E-state index contributed by atoms with van der Waals surface area (Å²) < 4.78 is 7.36. The molecule has 2 aromatic heterocycles. The van der Waals surface area contributed by atoms with Gasteiger partial charge in [-0.25, -0.2) is 4.68 Å². The fourth-order valence-electron chi connectivity index (χ4n) is 2.74. The molecule has 1 aliphatic rings. The molecule has 0 radical (unpaired) electrons. The van der Waals surface area contributed by atoms with Gasteiger partial charge >= 0.3 is 0 Å². The third-order valence-corrected chi connectivity index (χ3v) is 3.82. The van der Waals surface area contributed by atoms with E-state index in [2.05, 4.69) is 15.4 Å². The number of para-hydroxylation sites is 1. The molecule has 1 amide bonds. The summed E-state index contributed by atoms with van der Waals surface area (Å²) in [5, 5.41) is 17.9. The number of carbonyl (C=O) groups is 1. The highest BCUT2D eigenvalue weighted by Crippen LogP contribution is 2.35. The molecular formula is C15H11N5O4. The summed E-state index contributed by atoms with van der Waals surface area (Å²) in [6.07, 6.45) is 1.50. The zero-order chi connectivity index (χ0) is 16.7. The van der Waals surface area contributed by atoms with Crippen molar-refractivity contribution in [3.8, 4) is 11.3 Å². The van der Waals surface area contributed by atoms with Gasteiger partial charge in [-0.1, -0.05) is 12.1 Å². The highest BCUT2D eigenvalue weighted by atomic mass is 16.6. The molecule has 0 aliphatic carbocycles. The summed E-state index contributed by atoms with van der Waals surface area (Å²) in [6.45, 7) is 0. The zero-order valence-corrected chi connectivity index (χ0v) is 12.2. The lowest BCUT2D eigenvalue weighted by molar-refractivity contribution is -0.384. The summed E-state index contributed by atoms with van der Waals surface area (Å²) in [6, 6.07) is 9.25. The third-order valence-electron chi connectivity index (χ3n) is 3.82. The van der Waals surface area contributed by atoms with Crippen LogP contribution in [0.1, 0.15) is 18.2 Å². The molecule has 3 aromatic rings. The number of anilines is 1. The molecule has 1 N–H and O–H groups in total. The Morgan fingerprint density at radius 2 is 2.12 bits per heavy atom. The maximum absolute atomic E-state index is 11.8. The molecule has 0 fully saturated rings. The van der Waals surface area contributed by atoms with Crippen LogP contribution >= 0.6 is 0 Å². The lowest BCUT2D eigenvalue weighted by atomic mass is 10.1. The minimum atomic E-state index is -0.457. The van der Waals surface area contributed by atoms with Gasteiger partial charge in [0, 0.05) is 6.07 Å². The molecule has 1 atom stereocenters. The SMILES string of the molecule is O=C1C[C@@H](c2ccc(-c3ccccc3[N+](=O)[O-])o2)n2ncnc2N1. The summed E-state index contributed by atoms with van der Waals surface area (Å²) in [4.78, 5) is 26.5. The molecular weight excluding hydrogens is 314 g/mol. The molecule has 1 aliphatic heterocycles. The van der Waals surface area contributed by atoms with Gasteiger partial charge in [-0.3, -0.25) is 20.2 Å². The average Bonchev–Trinajstić information content (AvgIpc) is 3.23. The Labute approximate surface area is 135 Å². The van der Waals surface area contributed by atoms with Crippen LogP contribution < -0.4 is 5.32 Å². The van der Waals surface area contributed by atoms with Crippen LogP contribution in [0.2, 0.25) is 0 Å². The molecule has 1 aromatic carbocycles. The normalized spacial score (nSPS) is 16.5. The molecule has 4 rings (SSSR count). The summed E-state index contributed by atoms with van der Waals surface area (Å²) in [5.74, 6) is 1.01. The van der Waals surface area contributed by atoms with Crippen molar-refractivity contribution in [2.24, 2.45) is 0 Å². The molecule has 9 heteroatoms. The van der Waals surface area contributed by atoms with E-state index in [1.165, 1.54) is 12.4 Å². The minimum Gasteiger partial charge on any atom is -0.459 e. The number of fused-ring (bicyclic) bond motifs is 1. The predicted molar refractivity (Wildman–Crippen MR) is 82.2 cm³/mol. The van der Waals surface area contributed by atoms with Crippen LogP contribution in [-0.4, -0.2) is 25.6 Å². The molecule has 9 nitrogen and oxygen atoms in total. The number of furan rings is 1. The number of nitro benzene ring substituents is 1. The van der Waals surface area contributed by atoms with Crippen molar-refractivity contribution >= 4 is 17.5 Å². The second-order valence-electron chi connectivity index (χ2n) is 5.27. The van der Waals surface area contributed by atoms with Gasteiger partial charge in [-0.2, -0.15) is 10.1 Å². The fraction of sp³-hybridized carbons (Fsp3) is 0.133. The van der Waals surface area contributed by atoms with Crippen molar-refractivity contribution in [2.45, 2.75) is 12.5 Å². The van der Waals surface area contributed by atoms with E-state index >= 15 is 0 Å². The number of hydrogen-bond donors (Lipinski definition) is 1. The Morgan fingerprint density at radius 3 is 2.96 bits per heavy atom. The quantitative estimate of drug-likeness (QED) is 0.584. The Hall–Kier alpha value is -3.49. The van der Waals surface area contributed by atoms with Crippen LogP contribution in [0.4, 0.5) is 11.6 Å². The Morgan fingerprint density at radius 1 is 1.29 bits per heavy atom. The lowest BCUT2D eigenvalue weighted by Gasteiger charge is -2.21. The van der Waals surface area contributed by atoms with Crippen molar-refractivity contribution in [3.63, 3.8) is 0 Å². The van der Waals surface area contributed by atoms with Gasteiger partial charge in [0.15, 0.2) is 0 Å². The largest absolute Gasteiger partial charge is 0.459 e. The van der Waals surface area contributed by atoms with Gasteiger partial charge in [-0.15, -0.1) is 0 Å². The fourth-order valence-corrected chi connectivity index (χ4v) is 2.74. The first-order valence-corrected chi connectivity index (χ1v) is 7.16. The van der Waals surface area contributed by atoms with E-state index in [0.29, 0.717) is 23.0 Å². The second-order valence-corrected chi connectivity index (χ2v) is 5.27. The van der Waals surface area contributed by atoms with Crippen LogP contribution in [0.3, 0.4) is 0 Å². The molecule has 0 saturated carbocycles. The minimum absolute atomic E-state index is 0.0405. The van der Waals surface area contributed by atoms with Crippen LogP contribution in [0, 0.1) is 10.1 Å². The van der Waals surface area contributed by atoms with E-state index in [1.807, 2.05) is 0 Å². The summed E-state index contributed by atoms with van der Waals surface area (Å²) in [5.41, 5.74) is 0.342. The molecule has 0 saturated heterocycles. The summed E-state index contributed by atoms with van der Waals surface area (Å²) in [7, 11) is 0. The average molecular weight is 325 g/mol. The number of nitro groups is 1. The van der Waals surface area contributed by atoms with Crippen LogP contribution in [0.5, 0.6) is 0 Å². The number of carbonyl (C=O) groups excluding carboxylic acids is 1. The van der Waals surface area contributed by atoms with Crippen LogP contribution in [-0.2, 0) is 4.79 Å². The van der Waals surface area contributed by atoms with Gasteiger partial charge in [-0.05, 0) is 18.2 Å². The van der Waals surface area contributed by atoms with Gasteiger partial charge in [0.1, 0.15) is 23.9 Å². The topological polar surface area (TPSA) is 116 Å². The van der Waals surface area contributed by atoms with E-state index < -0.39 is 11.0 Å². The van der Waals surface area contributed by atoms with Gasteiger partial charge in [0.05, 0.1) is 16.9 Å². The number of aromatic nitrogens is 3. The first-order valence-electron chi connectivity index (χ1n) is 7.16. The number of nitrogens with one attached hydrogen (secondary N) is 1. The van der Waals surface area contributed by atoms with Crippen molar-refractivity contribution in [2.75, 3.05) is 5.32 Å². The van der Waals surface area contributed by atoms with Gasteiger partial charge in [0.25, 0.3) is 5.69 Å². The van der Waals surface area contributed by atoms with E-state index in [-0.39, 0.29) is 18.0 Å². The monoisotopic (exact) mass is 325 g/mol. The maximum atomic E-state index is 11.8. The number of rotatable bonds is 3.